The van der Waals surface area contributed by atoms with Gasteiger partial charge in [-0.15, -0.1) is 0 Å². The van der Waals surface area contributed by atoms with Gasteiger partial charge in [0.1, 0.15) is 0 Å². The molecule has 1 rings (SSSR count). The number of hydrogen-bond acceptors (Lipinski definition) is 3. The highest BCUT2D eigenvalue weighted by Gasteiger charge is 2.25. The minimum Gasteiger partial charge on any atom is -0.303 e. The van der Waals surface area contributed by atoms with Crippen molar-refractivity contribution in [2.45, 2.75) is 52.0 Å². The van der Waals surface area contributed by atoms with Crippen LogP contribution in [0, 0.1) is 11.8 Å². The molecule has 1 aliphatic carbocycles. The van der Waals surface area contributed by atoms with Gasteiger partial charge in [0.05, 0.1) is 5.92 Å². The predicted molar refractivity (Wildman–Crippen MR) is 70.2 cm³/mol. The highest BCUT2D eigenvalue weighted by Crippen LogP contribution is 2.25. The SMILES string of the molecule is CC(C(=O)NN)C(C)N(C)CC1CCCCC1. The summed E-state index contributed by atoms with van der Waals surface area (Å²) >= 11 is 0. The van der Waals surface area contributed by atoms with Crippen LogP contribution in [0.5, 0.6) is 0 Å². The Kier molecular flexibility index (Phi) is 5.92. The molecule has 17 heavy (non-hydrogen) atoms. The Morgan fingerprint density at radius 3 is 2.47 bits per heavy atom. The van der Waals surface area contributed by atoms with Crippen molar-refractivity contribution < 1.29 is 4.79 Å². The van der Waals surface area contributed by atoms with Crippen molar-refractivity contribution in [2.75, 3.05) is 13.6 Å². The topological polar surface area (TPSA) is 58.4 Å². The van der Waals surface area contributed by atoms with Crippen LogP contribution in [-0.4, -0.2) is 30.4 Å². The molecule has 4 nitrogen and oxygen atoms in total. The Bertz CT molecular complexity index is 239. The van der Waals surface area contributed by atoms with Crippen LogP contribution in [0.15, 0.2) is 0 Å². The van der Waals surface area contributed by atoms with Crippen LogP contribution < -0.4 is 11.3 Å². The average molecular weight is 241 g/mol. The number of hydrogen-bond donors (Lipinski definition) is 2. The summed E-state index contributed by atoms with van der Waals surface area (Å²) in [6, 6.07) is 0.237. The number of hydrazine groups is 1. The van der Waals surface area contributed by atoms with Crippen molar-refractivity contribution in [1.82, 2.24) is 10.3 Å². The molecule has 2 unspecified atom stereocenters. The van der Waals surface area contributed by atoms with E-state index in [4.69, 9.17) is 5.84 Å². The van der Waals surface area contributed by atoms with E-state index in [9.17, 15) is 4.79 Å². The van der Waals surface area contributed by atoms with E-state index in [0.29, 0.717) is 0 Å². The minimum absolute atomic E-state index is 0.0615. The number of carbonyl (C=O) groups excluding carboxylic acids is 1. The molecule has 2 atom stereocenters. The second kappa shape index (κ2) is 6.97. The zero-order valence-corrected chi connectivity index (χ0v) is 11.4. The average Bonchev–Trinajstić information content (AvgIpc) is 2.37. The van der Waals surface area contributed by atoms with Gasteiger partial charge in [0.15, 0.2) is 0 Å². The van der Waals surface area contributed by atoms with Gasteiger partial charge in [0, 0.05) is 12.6 Å². The van der Waals surface area contributed by atoms with Crippen LogP contribution in [0.2, 0.25) is 0 Å². The predicted octanol–water partition coefficient (Wildman–Crippen LogP) is 1.51. The van der Waals surface area contributed by atoms with Gasteiger partial charge in [-0.25, -0.2) is 5.84 Å². The summed E-state index contributed by atoms with van der Waals surface area (Å²) < 4.78 is 0. The van der Waals surface area contributed by atoms with E-state index in [2.05, 4.69) is 24.3 Å². The molecular formula is C13H27N3O. The molecule has 0 aromatic rings. The number of nitrogens with two attached hydrogens (primary N) is 1. The molecule has 0 aliphatic heterocycles. The first-order valence-electron chi connectivity index (χ1n) is 6.77. The van der Waals surface area contributed by atoms with E-state index in [-0.39, 0.29) is 17.9 Å². The third-order valence-corrected chi connectivity index (χ3v) is 4.25. The summed E-state index contributed by atoms with van der Waals surface area (Å²) in [6.45, 7) is 5.14. The fourth-order valence-electron chi connectivity index (χ4n) is 2.68. The highest BCUT2D eigenvalue weighted by atomic mass is 16.2. The molecule has 3 N–H and O–H groups in total. The molecule has 0 radical (unpaired) electrons. The van der Waals surface area contributed by atoms with Crippen molar-refractivity contribution in [3.05, 3.63) is 0 Å². The molecule has 4 heteroatoms. The van der Waals surface area contributed by atoms with E-state index >= 15 is 0 Å². The molecule has 0 bridgehead atoms. The Hall–Kier alpha value is -0.610. The Labute approximate surface area is 105 Å². The summed E-state index contributed by atoms with van der Waals surface area (Å²) in [5.41, 5.74) is 2.24. The number of nitrogens with one attached hydrogen (secondary N) is 1. The maximum Gasteiger partial charge on any atom is 0.238 e. The van der Waals surface area contributed by atoms with E-state index < -0.39 is 0 Å². The third kappa shape index (κ3) is 4.28. The maximum atomic E-state index is 11.5. The zero-order chi connectivity index (χ0) is 12.8. The second-order valence-electron chi connectivity index (χ2n) is 5.48. The summed E-state index contributed by atoms with van der Waals surface area (Å²) in [7, 11) is 2.11. The summed E-state index contributed by atoms with van der Waals surface area (Å²) in [5, 5.41) is 0. The molecular weight excluding hydrogens is 214 g/mol. The van der Waals surface area contributed by atoms with Crippen LogP contribution >= 0.6 is 0 Å². The first kappa shape index (κ1) is 14.5. The standard InChI is InChI=1S/C13H27N3O/c1-10(13(17)15-14)11(2)16(3)9-12-7-5-4-6-8-12/h10-12H,4-9,14H2,1-3H3,(H,15,17). The van der Waals surface area contributed by atoms with Gasteiger partial charge in [-0.1, -0.05) is 26.2 Å². The van der Waals surface area contributed by atoms with Crippen molar-refractivity contribution in [3.8, 4) is 0 Å². The molecule has 0 heterocycles. The fraction of sp³-hybridized carbons (Fsp3) is 0.923. The van der Waals surface area contributed by atoms with E-state index in [1.54, 1.807) is 0 Å². The first-order valence-corrected chi connectivity index (χ1v) is 6.77. The number of nitrogens with zero attached hydrogens (tertiary/aromatic N) is 1. The van der Waals surface area contributed by atoms with E-state index in [1.165, 1.54) is 32.1 Å². The molecule has 0 aromatic carbocycles. The normalized spacial score (nSPS) is 21.2. The van der Waals surface area contributed by atoms with E-state index in [1.807, 2.05) is 6.92 Å². The Morgan fingerprint density at radius 1 is 1.35 bits per heavy atom. The molecule has 1 fully saturated rings. The Morgan fingerprint density at radius 2 is 1.94 bits per heavy atom. The maximum absolute atomic E-state index is 11.5. The van der Waals surface area contributed by atoms with Gasteiger partial charge >= 0.3 is 0 Å². The van der Waals surface area contributed by atoms with Gasteiger partial charge in [-0.2, -0.15) is 0 Å². The lowest BCUT2D eigenvalue weighted by molar-refractivity contribution is -0.126. The number of carbonyl (C=O) groups is 1. The quantitative estimate of drug-likeness (QED) is 0.436. The van der Waals surface area contributed by atoms with Gasteiger partial charge in [0.2, 0.25) is 5.91 Å². The molecule has 1 aliphatic rings. The molecule has 1 amide bonds. The van der Waals surface area contributed by atoms with Crippen LogP contribution in [0.25, 0.3) is 0 Å². The third-order valence-electron chi connectivity index (χ3n) is 4.25. The first-order chi connectivity index (χ1) is 8.06. The van der Waals surface area contributed by atoms with Crippen LogP contribution in [0.1, 0.15) is 46.0 Å². The summed E-state index contributed by atoms with van der Waals surface area (Å²) in [6.07, 6.45) is 6.81. The monoisotopic (exact) mass is 241 g/mol. The fourth-order valence-corrected chi connectivity index (χ4v) is 2.68. The number of amides is 1. The summed E-state index contributed by atoms with van der Waals surface area (Å²) in [5.74, 6) is 5.85. The lowest BCUT2D eigenvalue weighted by Crippen LogP contribution is -2.46. The van der Waals surface area contributed by atoms with Crippen LogP contribution in [0.4, 0.5) is 0 Å². The van der Waals surface area contributed by atoms with Gasteiger partial charge in [-0.3, -0.25) is 10.2 Å². The zero-order valence-electron chi connectivity index (χ0n) is 11.4. The molecule has 0 spiro atoms. The van der Waals surface area contributed by atoms with E-state index in [0.717, 1.165) is 12.5 Å². The lowest BCUT2D eigenvalue weighted by Gasteiger charge is -2.33. The van der Waals surface area contributed by atoms with Gasteiger partial charge in [-0.05, 0) is 32.7 Å². The van der Waals surface area contributed by atoms with Crippen LogP contribution in [-0.2, 0) is 4.79 Å². The lowest BCUT2D eigenvalue weighted by atomic mass is 9.88. The summed E-state index contributed by atoms with van der Waals surface area (Å²) in [4.78, 5) is 13.8. The van der Waals surface area contributed by atoms with Crippen molar-refractivity contribution in [1.29, 1.82) is 0 Å². The van der Waals surface area contributed by atoms with Crippen molar-refractivity contribution >= 4 is 5.91 Å². The minimum atomic E-state index is -0.0759. The van der Waals surface area contributed by atoms with Crippen molar-refractivity contribution in [3.63, 3.8) is 0 Å². The van der Waals surface area contributed by atoms with Gasteiger partial charge in [0.25, 0.3) is 0 Å². The van der Waals surface area contributed by atoms with Crippen LogP contribution in [0.3, 0.4) is 0 Å². The molecule has 0 saturated heterocycles. The van der Waals surface area contributed by atoms with Crippen molar-refractivity contribution in [2.24, 2.45) is 17.7 Å². The number of rotatable bonds is 5. The smallest absolute Gasteiger partial charge is 0.238 e. The van der Waals surface area contributed by atoms with Gasteiger partial charge < -0.3 is 4.90 Å². The molecule has 1 saturated carbocycles. The largest absolute Gasteiger partial charge is 0.303 e. The highest BCUT2D eigenvalue weighted by molar-refractivity contribution is 5.78. The second-order valence-corrected chi connectivity index (χ2v) is 5.48. The Balaban J connectivity index is 2.39. The molecule has 0 aromatic heterocycles. The molecule has 100 valence electrons.